The summed E-state index contributed by atoms with van der Waals surface area (Å²) in [6.07, 6.45) is -0.320. The minimum absolute atomic E-state index is 0.123. The topological polar surface area (TPSA) is 154 Å². The average Bonchev–Trinajstić information content (AvgIpc) is 3.00. The number of fused-ring (bicyclic) bond motifs is 1. The van der Waals surface area contributed by atoms with Gasteiger partial charge >= 0.3 is 0 Å². The highest BCUT2D eigenvalue weighted by molar-refractivity contribution is 7.89. The number of aromatic nitrogens is 1. The summed E-state index contributed by atoms with van der Waals surface area (Å²) in [7, 11) is -2.77. The van der Waals surface area contributed by atoms with Gasteiger partial charge in [0.05, 0.1) is 11.6 Å². The number of aliphatic hydroxyl groups excluding tert-OH is 1. The highest BCUT2D eigenvalue weighted by Crippen LogP contribution is 2.33. The monoisotopic (exact) mass is 476 g/mol. The van der Waals surface area contributed by atoms with E-state index in [1.54, 1.807) is 6.07 Å². The molecule has 4 N–H and O–H groups in total. The van der Waals surface area contributed by atoms with Gasteiger partial charge in [-0.3, -0.25) is 4.79 Å². The molecule has 2 unspecified atom stereocenters. The molecule has 2 heterocycles. The number of nitriles is 1. The zero-order chi connectivity index (χ0) is 24.6. The highest BCUT2D eigenvalue weighted by atomic mass is 32.2. The first-order valence-corrected chi connectivity index (χ1v) is 11.1. The lowest BCUT2D eigenvalue weighted by Crippen LogP contribution is -2.45. The number of rotatable bonds is 3. The van der Waals surface area contributed by atoms with Crippen molar-refractivity contribution in [1.29, 1.82) is 5.26 Å². The van der Waals surface area contributed by atoms with Crippen molar-refractivity contribution >= 4 is 21.6 Å². The largest absolute Gasteiger partial charge is 0.488 e. The number of benzene rings is 1. The van der Waals surface area contributed by atoms with Crippen LogP contribution in [0.1, 0.15) is 29.9 Å². The summed E-state index contributed by atoms with van der Waals surface area (Å²) in [6, 6.07) is 3.90. The van der Waals surface area contributed by atoms with Gasteiger partial charge in [0, 0.05) is 18.9 Å². The fraction of sp³-hybridized carbons (Fsp3) is 0.333. The predicted molar refractivity (Wildman–Crippen MR) is 114 cm³/mol. The zero-order valence-corrected chi connectivity index (χ0v) is 18.7. The van der Waals surface area contributed by atoms with Gasteiger partial charge in [0.15, 0.2) is 11.4 Å². The summed E-state index contributed by atoms with van der Waals surface area (Å²) < 4.78 is 48.4. The summed E-state index contributed by atoms with van der Waals surface area (Å²) >= 11 is 0. The molecule has 1 aromatic carbocycles. The third kappa shape index (κ3) is 5.32. The van der Waals surface area contributed by atoms with E-state index in [2.05, 4.69) is 21.9 Å². The van der Waals surface area contributed by atoms with Crippen molar-refractivity contribution in [3.8, 4) is 23.7 Å². The number of carbonyl (C=O) groups excluding carboxylic acids is 1. The van der Waals surface area contributed by atoms with Crippen LogP contribution < -0.4 is 14.8 Å². The molecular weight excluding hydrogens is 455 g/mol. The van der Waals surface area contributed by atoms with Gasteiger partial charge in [-0.1, -0.05) is 11.8 Å². The number of aryl methyl sites for hydroxylation is 1. The van der Waals surface area contributed by atoms with Crippen LogP contribution in [0, 0.1) is 29.0 Å². The Morgan fingerprint density at radius 3 is 2.79 bits per heavy atom. The fourth-order valence-corrected chi connectivity index (χ4v) is 4.44. The van der Waals surface area contributed by atoms with E-state index in [1.807, 2.05) is 0 Å². The lowest BCUT2D eigenvalue weighted by molar-refractivity contribution is 0.101. The van der Waals surface area contributed by atoms with Crippen LogP contribution in [0.4, 0.5) is 10.1 Å². The van der Waals surface area contributed by atoms with Crippen LogP contribution in [0.2, 0.25) is 0 Å². The van der Waals surface area contributed by atoms with Crippen molar-refractivity contribution in [2.45, 2.75) is 36.5 Å². The molecule has 174 valence electrons. The molecule has 33 heavy (non-hydrogen) atoms. The SMILES string of the molecule is Cn1cc2c(c1C(=O)Nc1ccc(F)c(C#N)c1)OCC(C(O)C#CC(C)(C)O)NS2(=O)=O. The number of ether oxygens (including phenoxy) is 1. The Bertz CT molecular complexity index is 1310. The lowest BCUT2D eigenvalue weighted by Gasteiger charge is -2.18. The second kappa shape index (κ2) is 8.84. The Morgan fingerprint density at radius 1 is 1.45 bits per heavy atom. The molecule has 0 saturated carbocycles. The van der Waals surface area contributed by atoms with Crippen LogP contribution in [0.15, 0.2) is 29.3 Å². The quantitative estimate of drug-likeness (QED) is 0.470. The van der Waals surface area contributed by atoms with Crippen molar-refractivity contribution in [1.82, 2.24) is 9.29 Å². The van der Waals surface area contributed by atoms with Crippen LogP contribution in [0.3, 0.4) is 0 Å². The molecule has 1 aliphatic rings. The molecule has 2 aromatic rings. The van der Waals surface area contributed by atoms with Crippen LogP contribution in [-0.4, -0.2) is 53.5 Å². The zero-order valence-electron chi connectivity index (χ0n) is 17.9. The van der Waals surface area contributed by atoms with Crippen molar-refractivity contribution in [3.63, 3.8) is 0 Å². The smallest absolute Gasteiger partial charge is 0.276 e. The van der Waals surface area contributed by atoms with Crippen molar-refractivity contribution < 1.29 is 32.6 Å². The standard InChI is InChI=1S/C21H21FN4O6S/c1-21(2,29)7-6-16(27)15-11-32-19-17(33(30,31)25-15)10-26(3)18(19)20(28)24-13-4-5-14(22)12(8-13)9-23/h4-5,8,10,15-16,25,27,29H,11H2,1-3H3,(H,24,28). The Hall–Kier alpha value is -3.42. The molecule has 1 amide bonds. The maximum Gasteiger partial charge on any atom is 0.276 e. The van der Waals surface area contributed by atoms with Crippen LogP contribution in [-0.2, 0) is 17.1 Å². The summed E-state index contributed by atoms with van der Waals surface area (Å²) in [5.41, 5.74) is -1.69. The van der Waals surface area contributed by atoms with Crippen molar-refractivity contribution in [2.24, 2.45) is 7.05 Å². The number of aliphatic hydroxyl groups is 2. The molecule has 0 aliphatic carbocycles. The first-order valence-electron chi connectivity index (χ1n) is 9.61. The van der Waals surface area contributed by atoms with E-state index in [0.717, 1.165) is 12.1 Å². The minimum atomic E-state index is -4.21. The van der Waals surface area contributed by atoms with E-state index in [9.17, 15) is 27.8 Å². The summed E-state index contributed by atoms with van der Waals surface area (Å²) in [4.78, 5) is 12.6. The third-order valence-corrected chi connectivity index (χ3v) is 6.06. The van der Waals surface area contributed by atoms with Gasteiger partial charge in [-0.15, -0.1) is 0 Å². The first-order chi connectivity index (χ1) is 15.3. The number of sulfonamides is 1. The van der Waals surface area contributed by atoms with E-state index in [4.69, 9.17) is 10.00 Å². The number of hydrogen-bond donors (Lipinski definition) is 4. The Labute approximate surface area is 189 Å². The molecule has 3 rings (SSSR count). The number of anilines is 1. The molecule has 10 nitrogen and oxygen atoms in total. The fourth-order valence-electron chi connectivity index (χ4n) is 3.03. The molecular formula is C21H21FN4O6S. The second-order valence-corrected chi connectivity index (χ2v) is 9.54. The number of nitrogens with zero attached hydrogens (tertiary/aromatic N) is 2. The van der Waals surface area contributed by atoms with E-state index in [1.165, 1.54) is 37.7 Å². The number of hydrogen-bond acceptors (Lipinski definition) is 7. The summed E-state index contributed by atoms with van der Waals surface area (Å²) in [5.74, 6) is 3.04. The van der Waals surface area contributed by atoms with Gasteiger partial charge in [0.1, 0.15) is 35.1 Å². The number of halogens is 1. The highest BCUT2D eigenvalue weighted by Gasteiger charge is 2.36. The molecule has 0 spiro atoms. The molecule has 0 radical (unpaired) electrons. The Balaban J connectivity index is 1.92. The molecule has 0 fully saturated rings. The Kier molecular flexibility index (Phi) is 6.49. The van der Waals surface area contributed by atoms with Gasteiger partial charge in [-0.2, -0.15) is 5.26 Å². The lowest BCUT2D eigenvalue weighted by atomic mass is 10.1. The predicted octanol–water partition coefficient (Wildman–Crippen LogP) is 0.463. The molecule has 1 aliphatic heterocycles. The number of nitrogens with one attached hydrogen (secondary N) is 2. The van der Waals surface area contributed by atoms with Gasteiger partial charge < -0.3 is 24.8 Å². The number of carbonyl (C=O) groups is 1. The normalized spacial score (nSPS) is 17.9. The molecule has 12 heteroatoms. The average molecular weight is 476 g/mol. The van der Waals surface area contributed by atoms with Gasteiger partial charge in [-0.25, -0.2) is 17.5 Å². The first kappa shape index (κ1) is 24.2. The van der Waals surface area contributed by atoms with E-state index >= 15 is 0 Å². The van der Waals surface area contributed by atoms with Gasteiger partial charge in [0.2, 0.25) is 10.0 Å². The number of amides is 1. The Morgan fingerprint density at radius 2 is 2.15 bits per heavy atom. The maximum absolute atomic E-state index is 13.5. The third-order valence-electron chi connectivity index (χ3n) is 4.57. The van der Waals surface area contributed by atoms with Crippen molar-refractivity contribution in [3.05, 3.63) is 41.5 Å². The molecule has 2 atom stereocenters. The second-order valence-electron chi connectivity index (χ2n) is 7.85. The summed E-state index contributed by atoms with van der Waals surface area (Å²) in [6.45, 7) is 2.46. The molecule has 0 saturated heterocycles. The van der Waals surface area contributed by atoms with E-state index in [0.29, 0.717) is 0 Å². The maximum atomic E-state index is 13.5. The van der Waals surface area contributed by atoms with Crippen molar-refractivity contribution in [2.75, 3.05) is 11.9 Å². The van der Waals surface area contributed by atoms with Crippen LogP contribution in [0.25, 0.3) is 0 Å². The van der Waals surface area contributed by atoms with Gasteiger partial charge in [0.25, 0.3) is 5.91 Å². The van der Waals surface area contributed by atoms with Crippen LogP contribution in [0.5, 0.6) is 5.75 Å². The molecule has 0 bridgehead atoms. The molecule has 1 aromatic heterocycles. The van der Waals surface area contributed by atoms with E-state index in [-0.39, 0.29) is 34.2 Å². The summed E-state index contributed by atoms with van der Waals surface area (Å²) in [5, 5.41) is 31.4. The van der Waals surface area contributed by atoms with E-state index < -0.39 is 39.5 Å². The minimum Gasteiger partial charge on any atom is -0.488 e. The van der Waals surface area contributed by atoms with Crippen LogP contribution >= 0.6 is 0 Å². The van der Waals surface area contributed by atoms with Gasteiger partial charge in [-0.05, 0) is 32.0 Å².